The number of rotatable bonds is 7. The van der Waals surface area contributed by atoms with Gasteiger partial charge in [0.2, 0.25) is 0 Å². The SMILES string of the molecule is CCCN1c2cc(C)c(/C=N\NC(=O)CNc3ccc(C)c(C)c3)cc2C(C)CC1(C)C. The predicted octanol–water partition coefficient (Wildman–Crippen LogP) is 5.68. The smallest absolute Gasteiger partial charge is 0.259 e. The van der Waals surface area contributed by atoms with E-state index < -0.39 is 0 Å². The minimum Gasteiger partial charge on any atom is -0.376 e. The fourth-order valence-electron chi connectivity index (χ4n) is 4.68. The highest BCUT2D eigenvalue weighted by Crippen LogP contribution is 2.44. The van der Waals surface area contributed by atoms with E-state index in [1.807, 2.05) is 12.1 Å². The molecule has 1 aliphatic rings. The number of hydrazone groups is 1. The van der Waals surface area contributed by atoms with E-state index in [4.69, 9.17) is 0 Å². The number of anilines is 2. The highest BCUT2D eigenvalue weighted by molar-refractivity contribution is 5.86. The average Bonchev–Trinajstić information content (AvgIpc) is 2.72. The van der Waals surface area contributed by atoms with E-state index in [0.717, 1.165) is 30.6 Å². The first-order valence-corrected chi connectivity index (χ1v) is 11.7. The van der Waals surface area contributed by atoms with Gasteiger partial charge < -0.3 is 10.2 Å². The fourth-order valence-corrected chi connectivity index (χ4v) is 4.68. The van der Waals surface area contributed by atoms with Gasteiger partial charge in [0.05, 0.1) is 12.8 Å². The number of fused-ring (bicyclic) bond motifs is 1. The first-order chi connectivity index (χ1) is 15.1. The summed E-state index contributed by atoms with van der Waals surface area (Å²) >= 11 is 0. The highest BCUT2D eigenvalue weighted by Gasteiger charge is 2.36. The lowest BCUT2D eigenvalue weighted by atomic mass is 9.79. The van der Waals surface area contributed by atoms with Crippen molar-refractivity contribution in [2.24, 2.45) is 5.10 Å². The number of carbonyl (C=O) groups excluding carboxylic acids is 1. The second-order valence-corrected chi connectivity index (χ2v) is 9.78. The summed E-state index contributed by atoms with van der Waals surface area (Å²) in [6.45, 7) is 16.7. The van der Waals surface area contributed by atoms with Crippen LogP contribution >= 0.6 is 0 Å². The molecule has 172 valence electrons. The summed E-state index contributed by atoms with van der Waals surface area (Å²) < 4.78 is 0. The molecule has 0 saturated heterocycles. The van der Waals surface area contributed by atoms with Crippen molar-refractivity contribution < 1.29 is 4.79 Å². The van der Waals surface area contributed by atoms with Crippen LogP contribution in [0.5, 0.6) is 0 Å². The summed E-state index contributed by atoms with van der Waals surface area (Å²) in [5, 5.41) is 7.38. The Kier molecular flexibility index (Phi) is 7.27. The third-order valence-corrected chi connectivity index (χ3v) is 6.57. The molecule has 0 saturated carbocycles. The van der Waals surface area contributed by atoms with Gasteiger partial charge in [0, 0.05) is 23.5 Å². The molecule has 3 rings (SSSR count). The van der Waals surface area contributed by atoms with Crippen LogP contribution in [-0.4, -0.2) is 30.8 Å². The summed E-state index contributed by atoms with van der Waals surface area (Å²) in [5.41, 5.74) is 11.1. The van der Waals surface area contributed by atoms with Gasteiger partial charge >= 0.3 is 0 Å². The molecular weight excluding hydrogens is 396 g/mol. The van der Waals surface area contributed by atoms with E-state index >= 15 is 0 Å². The highest BCUT2D eigenvalue weighted by atomic mass is 16.2. The number of hydrogen-bond donors (Lipinski definition) is 2. The van der Waals surface area contributed by atoms with Crippen LogP contribution in [0, 0.1) is 20.8 Å². The third-order valence-electron chi connectivity index (χ3n) is 6.57. The normalized spacial score (nSPS) is 17.3. The molecule has 2 aromatic rings. The third kappa shape index (κ3) is 5.32. The van der Waals surface area contributed by atoms with Crippen LogP contribution in [0.3, 0.4) is 0 Å². The standard InChI is InChI=1S/C27H38N4O/c1-8-11-31-25-13-20(4)22(14-24(25)21(5)15-27(31,6)7)16-29-30-26(32)17-28-23-10-9-18(2)19(3)12-23/h9-10,12-14,16,21,28H,8,11,15,17H2,1-7H3,(H,30,32)/b29-16-. The van der Waals surface area contributed by atoms with E-state index in [1.54, 1.807) is 6.21 Å². The van der Waals surface area contributed by atoms with Crippen molar-refractivity contribution in [3.05, 3.63) is 58.1 Å². The van der Waals surface area contributed by atoms with Crippen LogP contribution in [0.1, 0.15) is 74.3 Å². The molecule has 5 heteroatoms. The summed E-state index contributed by atoms with van der Waals surface area (Å²) in [7, 11) is 0. The first kappa shape index (κ1) is 23.8. The summed E-state index contributed by atoms with van der Waals surface area (Å²) in [4.78, 5) is 14.8. The zero-order valence-corrected chi connectivity index (χ0v) is 20.7. The Hall–Kier alpha value is -2.82. The largest absolute Gasteiger partial charge is 0.376 e. The number of aryl methyl sites for hydroxylation is 3. The minimum atomic E-state index is -0.167. The molecule has 0 bridgehead atoms. The van der Waals surface area contributed by atoms with Gasteiger partial charge in [0.1, 0.15) is 0 Å². The molecule has 0 aliphatic carbocycles. The number of nitrogens with zero attached hydrogens (tertiary/aromatic N) is 2. The van der Waals surface area contributed by atoms with Gasteiger partial charge in [0.15, 0.2) is 0 Å². The second kappa shape index (κ2) is 9.76. The van der Waals surface area contributed by atoms with Crippen LogP contribution in [0.15, 0.2) is 35.4 Å². The maximum absolute atomic E-state index is 12.2. The molecular formula is C27H38N4O. The molecule has 1 heterocycles. The Labute approximate surface area is 193 Å². The van der Waals surface area contributed by atoms with Crippen LogP contribution in [0.2, 0.25) is 0 Å². The van der Waals surface area contributed by atoms with Gasteiger partial charge in [-0.2, -0.15) is 5.10 Å². The molecule has 5 nitrogen and oxygen atoms in total. The average molecular weight is 435 g/mol. The van der Waals surface area contributed by atoms with E-state index in [9.17, 15) is 4.79 Å². The maximum atomic E-state index is 12.2. The Morgan fingerprint density at radius 3 is 2.59 bits per heavy atom. The molecule has 1 amide bonds. The molecule has 0 fully saturated rings. The van der Waals surface area contributed by atoms with Gasteiger partial charge in [-0.3, -0.25) is 4.79 Å². The monoisotopic (exact) mass is 434 g/mol. The number of carbonyl (C=O) groups is 1. The van der Waals surface area contributed by atoms with E-state index in [2.05, 4.69) is 87.4 Å². The Morgan fingerprint density at radius 2 is 1.91 bits per heavy atom. The molecule has 1 atom stereocenters. The second-order valence-electron chi connectivity index (χ2n) is 9.78. The molecule has 2 N–H and O–H groups in total. The van der Waals surface area contributed by atoms with Gasteiger partial charge in [-0.15, -0.1) is 0 Å². The number of hydrogen-bond acceptors (Lipinski definition) is 4. The van der Waals surface area contributed by atoms with Crippen molar-refractivity contribution in [1.29, 1.82) is 0 Å². The van der Waals surface area contributed by atoms with Crippen LogP contribution < -0.4 is 15.6 Å². The molecule has 0 spiro atoms. The van der Waals surface area contributed by atoms with E-state index in [-0.39, 0.29) is 18.0 Å². The molecule has 0 aromatic heterocycles. The summed E-state index contributed by atoms with van der Waals surface area (Å²) in [6.07, 6.45) is 4.02. The number of benzene rings is 2. The number of nitrogens with one attached hydrogen (secondary N) is 2. The molecule has 0 radical (unpaired) electrons. The first-order valence-electron chi connectivity index (χ1n) is 11.7. The zero-order chi connectivity index (χ0) is 23.5. The summed E-state index contributed by atoms with van der Waals surface area (Å²) in [6, 6.07) is 10.6. The topological polar surface area (TPSA) is 56.7 Å². The molecule has 1 aliphatic heterocycles. The van der Waals surface area contributed by atoms with Crippen molar-refractivity contribution in [1.82, 2.24) is 5.43 Å². The van der Waals surface area contributed by atoms with Gasteiger partial charge in [-0.05, 0) is 105 Å². The van der Waals surface area contributed by atoms with Crippen LogP contribution in [0.25, 0.3) is 0 Å². The molecule has 2 aromatic carbocycles. The molecule has 32 heavy (non-hydrogen) atoms. The van der Waals surface area contributed by atoms with Crippen molar-refractivity contribution in [2.75, 3.05) is 23.3 Å². The number of amides is 1. The molecule has 1 unspecified atom stereocenters. The van der Waals surface area contributed by atoms with E-state index in [1.165, 1.54) is 27.9 Å². The lowest BCUT2D eigenvalue weighted by Crippen LogP contribution is -2.48. The van der Waals surface area contributed by atoms with Crippen molar-refractivity contribution in [3.63, 3.8) is 0 Å². The maximum Gasteiger partial charge on any atom is 0.259 e. The van der Waals surface area contributed by atoms with Crippen molar-refractivity contribution >= 4 is 23.5 Å². The zero-order valence-electron chi connectivity index (χ0n) is 20.7. The Bertz CT molecular complexity index is 1010. The van der Waals surface area contributed by atoms with Gasteiger partial charge in [-0.1, -0.05) is 19.9 Å². The van der Waals surface area contributed by atoms with Crippen molar-refractivity contribution in [2.45, 2.75) is 72.8 Å². The minimum absolute atomic E-state index is 0.154. The Morgan fingerprint density at radius 1 is 1.16 bits per heavy atom. The lowest BCUT2D eigenvalue weighted by molar-refractivity contribution is -0.119. The Balaban J connectivity index is 1.68. The summed E-state index contributed by atoms with van der Waals surface area (Å²) in [5.74, 6) is 0.317. The van der Waals surface area contributed by atoms with Crippen LogP contribution in [0.4, 0.5) is 11.4 Å². The van der Waals surface area contributed by atoms with Gasteiger partial charge in [0.25, 0.3) is 5.91 Å². The van der Waals surface area contributed by atoms with E-state index in [0.29, 0.717) is 5.92 Å². The lowest BCUT2D eigenvalue weighted by Gasteiger charge is -2.48. The quantitative estimate of drug-likeness (QED) is 0.436. The fraction of sp³-hybridized carbons (Fsp3) is 0.481. The van der Waals surface area contributed by atoms with Crippen molar-refractivity contribution in [3.8, 4) is 0 Å². The van der Waals surface area contributed by atoms with Crippen LogP contribution in [-0.2, 0) is 4.79 Å². The van der Waals surface area contributed by atoms with Gasteiger partial charge in [-0.25, -0.2) is 5.43 Å². The predicted molar refractivity (Wildman–Crippen MR) is 136 cm³/mol.